The molecule has 3 aromatic rings. The average molecular weight is 330 g/mol. The number of rotatable bonds is 5. The average Bonchev–Trinajstić information content (AvgIpc) is 2.91. The molecule has 0 atom stereocenters. The van der Waals surface area contributed by atoms with Crippen molar-refractivity contribution in [2.45, 2.75) is 31.8 Å². The minimum atomic E-state index is -3.58. The van der Waals surface area contributed by atoms with Crippen LogP contribution in [0.15, 0.2) is 47.5 Å². The van der Waals surface area contributed by atoms with Gasteiger partial charge in [0.1, 0.15) is 11.3 Å². The number of pyridine rings is 1. The number of nitrogens with zero attached hydrogens (tertiary/aromatic N) is 3. The number of benzene rings is 1. The standard InChI is InChI=1S/C16H18N4O2S/c1-3-20-15(19-13-8-6-10-17-16(13)20)11-18-23(21,22)14-9-5-4-7-12(14)2/h4-10,18H,3,11H2,1-2H3. The number of nitrogens with one attached hydrogen (secondary N) is 1. The molecule has 0 fully saturated rings. The maximum atomic E-state index is 12.5. The van der Waals surface area contributed by atoms with Gasteiger partial charge in [0.25, 0.3) is 0 Å². The molecule has 0 radical (unpaired) electrons. The lowest BCUT2D eigenvalue weighted by atomic mass is 10.2. The minimum absolute atomic E-state index is 0.126. The van der Waals surface area contributed by atoms with E-state index in [2.05, 4.69) is 14.7 Å². The topological polar surface area (TPSA) is 76.9 Å². The monoisotopic (exact) mass is 330 g/mol. The van der Waals surface area contributed by atoms with Crippen LogP contribution in [-0.2, 0) is 23.1 Å². The van der Waals surface area contributed by atoms with Gasteiger partial charge in [-0.15, -0.1) is 0 Å². The second-order valence-electron chi connectivity index (χ2n) is 5.21. The zero-order valence-corrected chi connectivity index (χ0v) is 13.8. The molecule has 0 spiro atoms. The van der Waals surface area contributed by atoms with Crippen LogP contribution in [0.1, 0.15) is 18.3 Å². The molecular formula is C16H18N4O2S. The molecule has 7 heteroatoms. The molecule has 23 heavy (non-hydrogen) atoms. The van der Waals surface area contributed by atoms with Crippen LogP contribution in [0, 0.1) is 6.92 Å². The van der Waals surface area contributed by atoms with E-state index in [-0.39, 0.29) is 11.4 Å². The fourth-order valence-corrected chi connectivity index (χ4v) is 3.79. The molecule has 2 aromatic heterocycles. The summed E-state index contributed by atoms with van der Waals surface area (Å²) in [5.74, 6) is 0.651. The van der Waals surface area contributed by atoms with Crippen molar-refractivity contribution in [2.75, 3.05) is 0 Å². The fourth-order valence-electron chi connectivity index (χ4n) is 2.57. The number of aryl methyl sites for hydroxylation is 2. The number of hydrogen-bond acceptors (Lipinski definition) is 4. The normalized spacial score (nSPS) is 11.9. The van der Waals surface area contributed by atoms with Crippen LogP contribution in [0.5, 0.6) is 0 Å². The minimum Gasteiger partial charge on any atom is -0.312 e. The first-order chi connectivity index (χ1) is 11.0. The summed E-state index contributed by atoms with van der Waals surface area (Å²) in [5, 5.41) is 0. The maximum Gasteiger partial charge on any atom is 0.241 e. The molecule has 1 aromatic carbocycles. The third-order valence-corrected chi connectivity index (χ3v) is 5.26. The van der Waals surface area contributed by atoms with Crippen LogP contribution >= 0.6 is 0 Å². The van der Waals surface area contributed by atoms with Crippen molar-refractivity contribution in [1.29, 1.82) is 0 Å². The first-order valence-corrected chi connectivity index (χ1v) is 8.86. The highest BCUT2D eigenvalue weighted by Crippen LogP contribution is 2.16. The predicted molar refractivity (Wildman–Crippen MR) is 88.4 cm³/mol. The number of fused-ring (bicyclic) bond motifs is 1. The molecule has 120 valence electrons. The molecule has 0 aliphatic carbocycles. The van der Waals surface area contributed by atoms with Crippen molar-refractivity contribution in [3.63, 3.8) is 0 Å². The van der Waals surface area contributed by atoms with Crippen molar-refractivity contribution in [3.8, 4) is 0 Å². The maximum absolute atomic E-state index is 12.5. The molecule has 1 N–H and O–H groups in total. The molecule has 0 saturated carbocycles. The predicted octanol–water partition coefficient (Wildman–Crippen LogP) is 2.24. The summed E-state index contributed by atoms with van der Waals surface area (Å²) < 4.78 is 29.5. The SMILES string of the molecule is CCn1c(CNS(=O)(=O)c2ccccc2C)nc2cccnc21. The van der Waals surface area contributed by atoms with Gasteiger partial charge in [-0.2, -0.15) is 0 Å². The van der Waals surface area contributed by atoms with E-state index in [9.17, 15) is 8.42 Å². The molecule has 0 amide bonds. The van der Waals surface area contributed by atoms with Gasteiger partial charge in [-0.3, -0.25) is 0 Å². The van der Waals surface area contributed by atoms with E-state index in [1.54, 1.807) is 31.3 Å². The van der Waals surface area contributed by atoms with Gasteiger partial charge in [0.05, 0.1) is 11.4 Å². The third kappa shape index (κ3) is 2.97. The zero-order valence-electron chi connectivity index (χ0n) is 13.0. The van der Waals surface area contributed by atoms with Crippen molar-refractivity contribution in [3.05, 3.63) is 54.0 Å². The van der Waals surface area contributed by atoms with Gasteiger partial charge < -0.3 is 4.57 Å². The Morgan fingerprint density at radius 1 is 1.17 bits per heavy atom. The lowest BCUT2D eigenvalue weighted by Gasteiger charge is -2.10. The van der Waals surface area contributed by atoms with Crippen molar-refractivity contribution in [2.24, 2.45) is 0 Å². The number of aromatic nitrogens is 3. The second-order valence-corrected chi connectivity index (χ2v) is 6.94. The lowest BCUT2D eigenvalue weighted by Crippen LogP contribution is -2.25. The number of sulfonamides is 1. The van der Waals surface area contributed by atoms with Gasteiger partial charge in [-0.1, -0.05) is 18.2 Å². The molecule has 0 saturated heterocycles. The van der Waals surface area contributed by atoms with Crippen LogP contribution in [0.3, 0.4) is 0 Å². The third-order valence-electron chi connectivity index (χ3n) is 3.70. The van der Waals surface area contributed by atoms with E-state index < -0.39 is 10.0 Å². The Bertz CT molecular complexity index is 948. The Morgan fingerprint density at radius 2 is 1.96 bits per heavy atom. The lowest BCUT2D eigenvalue weighted by molar-refractivity contribution is 0.575. The highest BCUT2D eigenvalue weighted by atomic mass is 32.2. The highest BCUT2D eigenvalue weighted by molar-refractivity contribution is 7.89. The Balaban J connectivity index is 1.90. The molecule has 0 aliphatic rings. The van der Waals surface area contributed by atoms with Crippen LogP contribution in [-0.4, -0.2) is 23.0 Å². The molecule has 2 heterocycles. The van der Waals surface area contributed by atoms with E-state index in [0.717, 1.165) is 11.2 Å². The smallest absolute Gasteiger partial charge is 0.241 e. The summed E-state index contributed by atoms with van der Waals surface area (Å²) in [4.78, 5) is 9.08. The van der Waals surface area contributed by atoms with Gasteiger partial charge in [0, 0.05) is 12.7 Å². The first-order valence-electron chi connectivity index (χ1n) is 7.38. The molecule has 6 nitrogen and oxygen atoms in total. The van der Waals surface area contributed by atoms with E-state index >= 15 is 0 Å². The number of hydrogen-bond donors (Lipinski definition) is 1. The van der Waals surface area contributed by atoms with Crippen molar-refractivity contribution < 1.29 is 8.42 Å². The summed E-state index contributed by atoms with van der Waals surface area (Å²) >= 11 is 0. The van der Waals surface area contributed by atoms with Crippen LogP contribution < -0.4 is 4.72 Å². The zero-order chi connectivity index (χ0) is 16.4. The molecule has 0 bridgehead atoms. The van der Waals surface area contributed by atoms with Crippen LogP contribution in [0.2, 0.25) is 0 Å². The molecule has 0 aliphatic heterocycles. The summed E-state index contributed by atoms with van der Waals surface area (Å²) in [6.07, 6.45) is 1.71. The van der Waals surface area contributed by atoms with E-state index in [1.165, 1.54) is 0 Å². The Hall–Kier alpha value is -2.25. The molecular weight excluding hydrogens is 312 g/mol. The van der Waals surface area contributed by atoms with E-state index in [4.69, 9.17) is 0 Å². The fraction of sp³-hybridized carbons (Fsp3) is 0.250. The summed E-state index contributed by atoms with van der Waals surface area (Å²) in [7, 11) is -3.58. The summed E-state index contributed by atoms with van der Waals surface area (Å²) in [6, 6.07) is 10.6. The van der Waals surface area contributed by atoms with Gasteiger partial charge in [0.15, 0.2) is 5.65 Å². The van der Waals surface area contributed by atoms with Gasteiger partial charge >= 0.3 is 0 Å². The molecule has 3 rings (SSSR count). The van der Waals surface area contributed by atoms with Crippen molar-refractivity contribution >= 4 is 21.2 Å². The Kier molecular flexibility index (Phi) is 4.14. The first kappa shape index (κ1) is 15.6. The Labute approximate surface area is 135 Å². The number of imidazole rings is 1. The highest BCUT2D eigenvalue weighted by Gasteiger charge is 2.18. The Morgan fingerprint density at radius 3 is 2.70 bits per heavy atom. The summed E-state index contributed by atoms with van der Waals surface area (Å²) in [5.41, 5.74) is 2.24. The van der Waals surface area contributed by atoms with Gasteiger partial charge in [-0.05, 0) is 37.6 Å². The summed E-state index contributed by atoms with van der Waals surface area (Å²) in [6.45, 7) is 4.56. The quantitative estimate of drug-likeness (QED) is 0.778. The van der Waals surface area contributed by atoms with E-state index in [1.807, 2.05) is 29.7 Å². The van der Waals surface area contributed by atoms with Crippen molar-refractivity contribution in [1.82, 2.24) is 19.3 Å². The van der Waals surface area contributed by atoms with Crippen LogP contribution in [0.4, 0.5) is 0 Å². The van der Waals surface area contributed by atoms with Crippen LogP contribution in [0.25, 0.3) is 11.2 Å². The largest absolute Gasteiger partial charge is 0.312 e. The second kappa shape index (κ2) is 6.10. The van der Waals surface area contributed by atoms with Gasteiger partial charge in [0.2, 0.25) is 10.0 Å². The van der Waals surface area contributed by atoms with E-state index in [0.29, 0.717) is 17.9 Å². The molecule has 0 unspecified atom stereocenters. The van der Waals surface area contributed by atoms with Gasteiger partial charge in [-0.25, -0.2) is 23.1 Å².